The molecule has 2 aromatic heterocycles. The monoisotopic (exact) mass is 570 g/mol. The molecule has 0 saturated heterocycles. The van der Waals surface area contributed by atoms with Crippen LogP contribution in [0.4, 0.5) is 17.2 Å². The van der Waals surface area contributed by atoms with Gasteiger partial charge in [0.1, 0.15) is 0 Å². The van der Waals surface area contributed by atoms with Crippen molar-refractivity contribution in [1.82, 2.24) is 25.5 Å². The Morgan fingerprint density at radius 2 is 1.88 bits per heavy atom. The van der Waals surface area contributed by atoms with Crippen LogP contribution in [-0.4, -0.2) is 52.2 Å². The third-order valence-corrected chi connectivity index (χ3v) is 7.75. The quantitative estimate of drug-likeness (QED) is 0.136. The summed E-state index contributed by atoms with van der Waals surface area (Å²) in [5.41, 5.74) is 9.53. The van der Waals surface area contributed by atoms with Crippen molar-refractivity contribution in [2.24, 2.45) is 4.99 Å². The third kappa shape index (κ3) is 6.28. The highest BCUT2D eigenvalue weighted by Crippen LogP contribution is 2.29. The van der Waals surface area contributed by atoms with E-state index in [1.165, 1.54) is 11.3 Å². The molecule has 0 radical (unpaired) electrons. The molecular weight excluding hydrogens is 540 g/mol. The van der Waals surface area contributed by atoms with Crippen molar-refractivity contribution in [2.45, 2.75) is 26.9 Å². The fraction of sp³-hybridized carbons (Fsp3) is 0.207. The Morgan fingerprint density at radius 1 is 1.05 bits per heavy atom. The van der Waals surface area contributed by atoms with Gasteiger partial charge in [-0.05, 0) is 42.7 Å². The molecule has 4 N–H and O–H groups in total. The number of carbonyl (C=O) groups is 3. The van der Waals surface area contributed by atoms with Crippen molar-refractivity contribution in [1.29, 1.82) is 0 Å². The molecule has 41 heavy (non-hydrogen) atoms. The third-order valence-electron chi connectivity index (χ3n) is 6.64. The van der Waals surface area contributed by atoms with Crippen LogP contribution < -0.4 is 21.5 Å². The predicted molar refractivity (Wildman–Crippen MR) is 162 cm³/mol. The number of aromatic nitrogens is 2. The van der Waals surface area contributed by atoms with E-state index in [0.717, 1.165) is 21.5 Å². The summed E-state index contributed by atoms with van der Waals surface area (Å²) < 4.78 is 2.91. The zero-order chi connectivity index (χ0) is 28.9. The summed E-state index contributed by atoms with van der Waals surface area (Å²) in [5.74, 6) is 0.349. The van der Waals surface area contributed by atoms with E-state index in [1.54, 1.807) is 24.9 Å². The molecular formula is C29H30N8O3S. The maximum Gasteiger partial charge on any atom is 0.265 e. The fourth-order valence-corrected chi connectivity index (χ4v) is 5.56. The van der Waals surface area contributed by atoms with E-state index in [9.17, 15) is 14.4 Å². The summed E-state index contributed by atoms with van der Waals surface area (Å²) in [6.07, 6.45) is 2.32. The van der Waals surface area contributed by atoms with Crippen molar-refractivity contribution in [3.8, 4) is 0 Å². The highest BCUT2D eigenvalue weighted by molar-refractivity contribution is 7.20. The summed E-state index contributed by atoms with van der Waals surface area (Å²) >= 11 is 1.43. The maximum absolute atomic E-state index is 13.2. The lowest BCUT2D eigenvalue weighted by molar-refractivity contribution is -0.130. The van der Waals surface area contributed by atoms with E-state index in [-0.39, 0.29) is 11.8 Å². The predicted octanol–water partition coefficient (Wildman–Crippen LogP) is 4.14. The van der Waals surface area contributed by atoms with Crippen molar-refractivity contribution in [3.63, 3.8) is 0 Å². The lowest BCUT2D eigenvalue weighted by Gasteiger charge is -2.26. The topological polar surface area (TPSA) is 133 Å². The SMILES string of the molecule is CNc1ccc(C(=CC(C)=Nc2cc3n(n2)CCN(C(C)=O)C3)NNC=O)cc1NC(=O)c1cc2ccccc2s1. The molecule has 2 aromatic carbocycles. The van der Waals surface area contributed by atoms with E-state index in [0.29, 0.717) is 59.4 Å². The summed E-state index contributed by atoms with van der Waals surface area (Å²) in [6, 6.07) is 17.1. The van der Waals surface area contributed by atoms with E-state index in [2.05, 4.69) is 31.6 Å². The van der Waals surface area contributed by atoms with Crippen molar-refractivity contribution in [2.75, 3.05) is 24.2 Å². The zero-order valence-electron chi connectivity index (χ0n) is 22.9. The first kappa shape index (κ1) is 27.6. The number of fused-ring (bicyclic) bond motifs is 2. The lowest BCUT2D eigenvalue weighted by Crippen LogP contribution is -2.36. The summed E-state index contributed by atoms with van der Waals surface area (Å²) in [7, 11) is 1.78. The number of hydrogen-bond acceptors (Lipinski definition) is 8. The Kier molecular flexibility index (Phi) is 8.11. The number of nitrogens with zero attached hydrogens (tertiary/aromatic N) is 4. The van der Waals surface area contributed by atoms with Crippen LogP contribution in [0.2, 0.25) is 0 Å². The smallest absolute Gasteiger partial charge is 0.265 e. The molecule has 1 aliphatic heterocycles. The second-order valence-corrected chi connectivity index (χ2v) is 10.6. The number of aliphatic imine (C=N–C) groups is 1. The van der Waals surface area contributed by atoms with Gasteiger partial charge in [0.25, 0.3) is 5.91 Å². The lowest BCUT2D eigenvalue weighted by atomic mass is 10.1. The van der Waals surface area contributed by atoms with Crippen molar-refractivity contribution in [3.05, 3.63) is 76.8 Å². The van der Waals surface area contributed by atoms with Crippen LogP contribution in [0.1, 0.15) is 34.8 Å². The molecule has 0 unspecified atom stereocenters. The number of benzene rings is 2. The Hall–Kier alpha value is -4.97. The molecule has 11 nitrogen and oxygen atoms in total. The van der Waals surface area contributed by atoms with Crippen molar-refractivity contribution >= 4 is 68.2 Å². The summed E-state index contributed by atoms with van der Waals surface area (Å²) in [5, 5.41) is 11.7. The summed E-state index contributed by atoms with van der Waals surface area (Å²) in [6.45, 7) is 5.11. The largest absolute Gasteiger partial charge is 0.386 e. The fourth-order valence-electron chi connectivity index (χ4n) is 4.61. The number of hydrogen-bond donors (Lipinski definition) is 4. The number of carbonyl (C=O) groups excluding carboxylic acids is 3. The maximum atomic E-state index is 13.2. The molecule has 4 aromatic rings. The molecule has 1 aliphatic rings. The van der Waals surface area contributed by atoms with Gasteiger partial charge in [0.15, 0.2) is 5.82 Å². The van der Waals surface area contributed by atoms with E-state index < -0.39 is 0 Å². The Labute approximate surface area is 240 Å². The van der Waals surface area contributed by atoms with Crippen LogP contribution in [0, 0.1) is 0 Å². The Balaban J connectivity index is 1.41. The average Bonchev–Trinajstić information content (AvgIpc) is 3.58. The van der Waals surface area contributed by atoms with Crippen LogP contribution in [0.5, 0.6) is 0 Å². The van der Waals surface area contributed by atoms with Crippen LogP contribution in [-0.2, 0) is 22.7 Å². The Morgan fingerprint density at radius 3 is 2.63 bits per heavy atom. The number of amides is 3. The Bertz CT molecular complexity index is 1650. The van der Waals surface area contributed by atoms with Crippen LogP contribution in [0.3, 0.4) is 0 Å². The van der Waals surface area contributed by atoms with E-state index >= 15 is 0 Å². The molecule has 3 heterocycles. The highest BCUT2D eigenvalue weighted by Gasteiger charge is 2.20. The second-order valence-electron chi connectivity index (χ2n) is 9.47. The van der Waals surface area contributed by atoms with Gasteiger partial charge < -0.3 is 15.5 Å². The van der Waals surface area contributed by atoms with Gasteiger partial charge in [0.2, 0.25) is 12.3 Å². The number of allylic oxidation sites excluding steroid dienone is 1. The van der Waals surface area contributed by atoms with Gasteiger partial charge in [-0.2, -0.15) is 5.10 Å². The number of thiophene rings is 1. The van der Waals surface area contributed by atoms with E-state index in [4.69, 9.17) is 0 Å². The van der Waals surface area contributed by atoms with Gasteiger partial charge in [0.05, 0.1) is 40.7 Å². The molecule has 0 saturated carbocycles. The van der Waals surface area contributed by atoms with Crippen LogP contribution in [0.15, 0.2) is 65.7 Å². The van der Waals surface area contributed by atoms with Gasteiger partial charge in [-0.25, -0.2) is 4.99 Å². The van der Waals surface area contributed by atoms with Gasteiger partial charge in [-0.3, -0.25) is 29.9 Å². The van der Waals surface area contributed by atoms with Crippen LogP contribution in [0.25, 0.3) is 15.8 Å². The number of hydrazine groups is 1. The first-order chi connectivity index (χ1) is 19.8. The van der Waals surface area contributed by atoms with Gasteiger partial charge in [0, 0.05) is 42.6 Å². The molecule has 210 valence electrons. The second kappa shape index (κ2) is 12.0. The normalized spacial score (nSPS) is 13.5. The molecule has 5 rings (SSSR count). The van der Waals surface area contributed by atoms with Crippen LogP contribution >= 0.6 is 11.3 Å². The average molecular weight is 571 g/mol. The van der Waals surface area contributed by atoms with Gasteiger partial charge in [-0.1, -0.05) is 24.3 Å². The van der Waals surface area contributed by atoms with Crippen molar-refractivity contribution < 1.29 is 14.4 Å². The molecule has 12 heteroatoms. The number of anilines is 2. The first-order valence-electron chi connectivity index (χ1n) is 13.0. The molecule has 0 atom stereocenters. The van der Waals surface area contributed by atoms with Gasteiger partial charge >= 0.3 is 0 Å². The molecule has 0 aliphatic carbocycles. The minimum atomic E-state index is -0.214. The zero-order valence-corrected chi connectivity index (χ0v) is 23.7. The standard InChI is InChI=1S/C29H30N8O3S/c1-18(32-28-15-22-16-36(19(2)39)10-11-37(22)35-28)12-24(34-31-17-38)20-8-9-23(30-3)25(13-20)33-29(40)27-14-21-6-4-5-7-26(21)41-27/h4-9,12-15,17,30,34H,10-11,16H2,1-3H3,(H,31,38)(H,33,40). The van der Waals surface area contributed by atoms with Gasteiger partial charge in [-0.15, -0.1) is 11.3 Å². The number of rotatable bonds is 9. The van der Waals surface area contributed by atoms with E-state index in [1.807, 2.05) is 66.2 Å². The molecule has 0 bridgehead atoms. The molecule has 0 spiro atoms. The molecule has 0 fully saturated rings. The minimum absolute atomic E-state index is 0.0312. The highest BCUT2D eigenvalue weighted by atomic mass is 32.1. The summed E-state index contributed by atoms with van der Waals surface area (Å²) in [4.78, 5) is 43.1. The minimum Gasteiger partial charge on any atom is -0.386 e. The molecule has 3 amide bonds. The number of nitrogens with one attached hydrogen (secondary N) is 4. The first-order valence-corrected chi connectivity index (χ1v) is 13.8.